The molecule has 88 heavy (non-hydrogen) atoms. The van der Waals surface area contributed by atoms with Crippen LogP contribution in [0.3, 0.4) is 0 Å². The predicted molar refractivity (Wildman–Crippen MR) is 330 cm³/mol. The van der Waals surface area contributed by atoms with E-state index in [1.165, 1.54) is 12.1 Å². The van der Waals surface area contributed by atoms with Crippen LogP contribution in [0, 0.1) is 41.4 Å². The van der Waals surface area contributed by atoms with Gasteiger partial charge in [0, 0.05) is 92.6 Å². The van der Waals surface area contributed by atoms with Crippen molar-refractivity contribution in [1.29, 1.82) is 0 Å². The fraction of sp³-hybridized carbons (Fsp3) is 0.719. The van der Waals surface area contributed by atoms with Gasteiger partial charge in [-0.3, -0.25) is 14.4 Å². The van der Waals surface area contributed by atoms with Gasteiger partial charge in [0.15, 0.2) is 5.79 Å². The summed E-state index contributed by atoms with van der Waals surface area (Å²) in [5.41, 5.74) is -0.958. The maximum Gasteiger partial charge on any atom is 1.00 e. The first-order chi connectivity index (χ1) is 40.3. The van der Waals surface area contributed by atoms with Gasteiger partial charge < -0.3 is 90.6 Å². The van der Waals surface area contributed by atoms with Crippen LogP contribution in [-0.2, 0) is 33.3 Å². The number of carboxylic acids is 1. The average molecular weight is 1290 g/mol. The summed E-state index contributed by atoms with van der Waals surface area (Å²) in [7, 11) is 0. The van der Waals surface area contributed by atoms with E-state index in [1.54, 1.807) is 31.2 Å². The van der Waals surface area contributed by atoms with E-state index in [0.29, 0.717) is 108 Å². The largest absolute Gasteiger partial charge is 1.00 e. The zero-order valence-electron chi connectivity index (χ0n) is 53.3. The Morgan fingerprint density at radius 1 is 0.727 bits per heavy atom. The van der Waals surface area contributed by atoms with E-state index in [4.69, 9.17) is 33.9 Å². The molecule has 8 rings (SSSR count). The van der Waals surface area contributed by atoms with Gasteiger partial charge in [-0.05, 0) is 120 Å². The number of carbonyl (C=O) groups excluding carboxylic acids is 4. The fourth-order valence-electron chi connectivity index (χ4n) is 14.1. The fourth-order valence-corrected chi connectivity index (χ4v) is 14.1. The summed E-state index contributed by atoms with van der Waals surface area (Å²) in [4.78, 5) is 53.0. The number of hydrogen-bond donors (Lipinski definition) is 11. The Morgan fingerprint density at radius 2 is 1.28 bits per heavy atom. The van der Waals surface area contributed by atoms with Crippen molar-refractivity contribution in [2.75, 3.05) is 63.1 Å². The molecular weight excluding hydrogens is 1190 g/mol. The molecule has 4 saturated heterocycles. The summed E-state index contributed by atoms with van der Waals surface area (Å²) < 4.78 is 33.4. The van der Waals surface area contributed by atoms with Gasteiger partial charge in [-0.15, -0.1) is 24.8 Å². The van der Waals surface area contributed by atoms with Gasteiger partial charge in [0.1, 0.15) is 23.4 Å². The maximum absolute atomic E-state index is 14.4. The number of carbonyl (C=O) groups is 4. The minimum atomic E-state index is -1.37. The van der Waals surface area contributed by atoms with Gasteiger partial charge in [0.25, 0.3) is 0 Å². The molecule has 6 aliphatic rings. The Hall–Kier alpha value is -3.04. The molecule has 4 fully saturated rings. The molecule has 2 aromatic carbocycles. The summed E-state index contributed by atoms with van der Waals surface area (Å²) in [5, 5.41) is 96.5. The van der Waals surface area contributed by atoms with Crippen LogP contribution in [0.25, 0.3) is 0 Å². The SMILES string of the molecule is CCC(C(=O)[O-])C1CCC(C)C(C(C)C(O)C(C)C(=O)C(CC)C2OC3(C=CC(O)C4(CCC(C)(C5CCC(O)(CC)C(C)O5)O4)O3)C(C)CC2C)O1.Cl.Cl.O=C1c2c(O)ccc(O)c2C(=O)c2c(NCCNCCO)ccc(NCCNCCO)c21.[Na+]. The molecule has 21 nitrogen and oxygen atoms in total. The number of phenolic OH excluding ortho intramolecular Hbond substituents is 2. The molecule has 0 radical (unpaired) electrons. The molecule has 0 amide bonds. The topological polar surface area (TPSA) is 327 Å². The molecule has 2 spiro atoms. The quantitative estimate of drug-likeness (QED) is 0.0266. The number of aliphatic carboxylic acids is 1. The van der Waals surface area contributed by atoms with Crippen molar-refractivity contribution in [3.05, 3.63) is 58.7 Å². The maximum atomic E-state index is 14.4. The van der Waals surface area contributed by atoms with Crippen LogP contribution < -0.4 is 55.9 Å². The van der Waals surface area contributed by atoms with Crippen LogP contribution in [0.2, 0.25) is 0 Å². The van der Waals surface area contributed by atoms with Crippen molar-refractivity contribution in [3.8, 4) is 11.5 Å². The van der Waals surface area contributed by atoms with Crippen molar-refractivity contribution < 1.29 is 113 Å². The molecule has 1 aliphatic carbocycles. The van der Waals surface area contributed by atoms with Gasteiger partial charge in [0.05, 0.1) is 83.3 Å². The molecule has 0 saturated carbocycles. The van der Waals surface area contributed by atoms with Crippen LogP contribution >= 0.6 is 24.8 Å². The number of ether oxygens (including phenoxy) is 5. The normalized spacial score (nSPS) is 32.3. The van der Waals surface area contributed by atoms with Crippen molar-refractivity contribution in [2.45, 2.75) is 199 Å². The number of carboxylic acid groups (broad SMARTS) is 1. The second kappa shape index (κ2) is 33.2. The first-order valence-corrected chi connectivity index (χ1v) is 31.1. The average Bonchev–Trinajstić information content (AvgIpc) is 2.49. The van der Waals surface area contributed by atoms with Crippen LogP contribution in [0.15, 0.2) is 36.4 Å². The van der Waals surface area contributed by atoms with Gasteiger partial charge in [-0.1, -0.05) is 55.4 Å². The van der Waals surface area contributed by atoms with E-state index in [2.05, 4.69) is 42.0 Å². The van der Waals surface area contributed by atoms with Gasteiger partial charge in [0.2, 0.25) is 17.4 Å². The summed E-state index contributed by atoms with van der Waals surface area (Å²) in [6, 6.07) is 5.74. The molecule has 18 unspecified atom stereocenters. The third-order valence-corrected chi connectivity index (χ3v) is 19.5. The molecule has 24 heteroatoms. The number of fused-ring (bicyclic) bond motifs is 2. The molecule has 0 bridgehead atoms. The third-order valence-electron chi connectivity index (χ3n) is 19.5. The monoisotopic (exact) mass is 1290 g/mol. The Morgan fingerprint density at radius 3 is 1.78 bits per heavy atom. The first kappa shape index (κ1) is 77.4. The number of aliphatic hydroxyl groups excluding tert-OH is 4. The van der Waals surface area contributed by atoms with E-state index in [9.17, 15) is 49.8 Å². The number of aliphatic hydroxyl groups is 5. The minimum Gasteiger partial charge on any atom is -0.550 e. The second-order valence-corrected chi connectivity index (χ2v) is 25.1. The number of nitrogens with one attached hydrogen (secondary N) is 4. The van der Waals surface area contributed by atoms with Gasteiger partial charge >= 0.3 is 29.6 Å². The number of aromatic hydroxyl groups is 2. The number of ketones is 3. The minimum absolute atomic E-state index is 0. The summed E-state index contributed by atoms with van der Waals surface area (Å²) >= 11 is 0. The number of halogens is 2. The summed E-state index contributed by atoms with van der Waals surface area (Å²) in [6.45, 7) is 22.3. The zero-order valence-corrected chi connectivity index (χ0v) is 56.9. The smallest absolute Gasteiger partial charge is 0.550 e. The Labute approximate surface area is 553 Å². The van der Waals surface area contributed by atoms with E-state index in [0.717, 1.165) is 6.42 Å². The number of benzene rings is 2. The number of hydrogen-bond acceptors (Lipinski definition) is 21. The molecule has 11 N–H and O–H groups in total. The van der Waals surface area contributed by atoms with Gasteiger partial charge in [-0.2, -0.15) is 0 Å². The van der Waals surface area contributed by atoms with Crippen LogP contribution in [0.1, 0.15) is 165 Å². The Bertz CT molecular complexity index is 2620. The van der Waals surface area contributed by atoms with Crippen molar-refractivity contribution in [3.63, 3.8) is 0 Å². The van der Waals surface area contributed by atoms with Crippen molar-refractivity contribution in [2.24, 2.45) is 41.4 Å². The molecule has 492 valence electrons. The van der Waals surface area contributed by atoms with E-state index in [-0.39, 0.29) is 137 Å². The number of phenols is 2. The number of rotatable bonds is 24. The van der Waals surface area contributed by atoms with E-state index >= 15 is 0 Å². The third kappa shape index (κ3) is 16.3. The Kier molecular flexibility index (Phi) is 29.2. The number of anilines is 2. The van der Waals surface area contributed by atoms with Crippen LogP contribution in [0.5, 0.6) is 11.5 Å². The molecule has 5 aliphatic heterocycles. The van der Waals surface area contributed by atoms with E-state index < -0.39 is 94.5 Å². The van der Waals surface area contributed by atoms with Crippen LogP contribution in [0.4, 0.5) is 11.4 Å². The van der Waals surface area contributed by atoms with Crippen molar-refractivity contribution >= 4 is 59.5 Å². The predicted octanol–water partition coefficient (Wildman–Crippen LogP) is 2.56. The molecule has 5 heterocycles. The molecule has 18 atom stereocenters. The molecular formula is C64H99Cl2N4NaO17. The standard InChI is InChI=1S/C42H70O11.C22H28N4O6.2ClH.Na/c1-11-29(38(46)47)31-15-14-23(4)36(50-31)27(8)34(44)26(7)35(45)30(12-2)37-24(5)22-25(6)41(51-37)19-16-32(43)42(53-41)21-20-39(10,52-42)33-17-18-40(48,13-3)28(9)49-33;27-11-9-23-5-7-25-13-1-2-14(26-8-6-24-10-12-28)18-17(13)21(31)19-15(29)3-4-16(30)20(19)22(18)32;;;/h16,19,23-34,36-37,43-44,48H,11-15,17-18,20-22H2,1-10H3,(H,46,47);1-4,23-30H,5-12H2;2*1H;/q;;;;+1/p-1. The molecule has 2 aromatic rings. The number of Topliss-reactive ketones (excluding diaryl/α,β-unsaturated/α-hetero) is 1. The summed E-state index contributed by atoms with van der Waals surface area (Å²) in [6.07, 6.45) is 5.22. The summed E-state index contributed by atoms with van der Waals surface area (Å²) in [5.74, 6) is -8.10. The Balaban J connectivity index is 0.000000407. The van der Waals surface area contributed by atoms with Gasteiger partial charge in [-0.25, -0.2) is 0 Å². The van der Waals surface area contributed by atoms with Crippen LogP contribution in [-0.4, -0.2) is 177 Å². The molecule has 0 aromatic heterocycles. The first-order valence-electron chi connectivity index (χ1n) is 31.1. The van der Waals surface area contributed by atoms with Crippen molar-refractivity contribution in [1.82, 2.24) is 10.6 Å². The second-order valence-electron chi connectivity index (χ2n) is 25.1. The van der Waals surface area contributed by atoms with E-state index in [1.807, 2.05) is 41.5 Å². The zero-order chi connectivity index (χ0) is 62.3.